The van der Waals surface area contributed by atoms with E-state index in [-0.39, 0.29) is 0 Å². The molecule has 1 aliphatic carbocycles. The van der Waals surface area contributed by atoms with Crippen LogP contribution in [0.3, 0.4) is 0 Å². The Morgan fingerprint density at radius 2 is 1.43 bits per heavy atom. The van der Waals surface area contributed by atoms with E-state index in [1.165, 1.54) is 49.5 Å². The van der Waals surface area contributed by atoms with Crippen LogP contribution in [0, 0.1) is 0 Å². The van der Waals surface area contributed by atoms with E-state index in [4.69, 9.17) is 0 Å². The van der Waals surface area contributed by atoms with Crippen molar-refractivity contribution in [2.45, 2.75) is 6.54 Å². The van der Waals surface area contributed by atoms with E-state index in [0.717, 1.165) is 12.2 Å². The minimum absolute atomic E-state index is 0.852. The molecule has 166 valence electrons. The first kappa shape index (κ1) is 19.8. The second-order valence-electron chi connectivity index (χ2n) is 8.83. The largest absolute Gasteiger partial charge is 0.333 e. The van der Waals surface area contributed by atoms with E-state index in [0.29, 0.717) is 0 Å². The van der Waals surface area contributed by atoms with Crippen LogP contribution in [0.1, 0.15) is 16.8 Å². The molecule has 35 heavy (non-hydrogen) atoms. The van der Waals surface area contributed by atoms with Gasteiger partial charge in [-0.15, -0.1) is 0 Å². The molecule has 0 fully saturated rings. The predicted octanol–water partition coefficient (Wildman–Crippen LogP) is 8.25. The minimum Gasteiger partial charge on any atom is -0.333 e. The van der Waals surface area contributed by atoms with Crippen LogP contribution < -0.4 is 0 Å². The first-order valence-corrected chi connectivity index (χ1v) is 12.0. The minimum atomic E-state index is 0.852. The maximum absolute atomic E-state index is 4.49. The first-order chi connectivity index (χ1) is 17.4. The average molecular weight is 450 g/mol. The number of allylic oxidation sites excluding steroid dienone is 6. The summed E-state index contributed by atoms with van der Waals surface area (Å²) in [5.41, 5.74) is 8.74. The zero-order valence-electron chi connectivity index (χ0n) is 19.2. The average Bonchev–Trinajstić information content (AvgIpc) is 3.25. The van der Waals surface area contributed by atoms with Gasteiger partial charge in [0.15, 0.2) is 0 Å². The molecule has 3 aliphatic rings. The summed E-state index contributed by atoms with van der Waals surface area (Å²) in [4.78, 5) is 4.49. The van der Waals surface area contributed by atoms with Crippen molar-refractivity contribution in [2.75, 3.05) is 0 Å². The summed E-state index contributed by atoms with van der Waals surface area (Å²) in [6, 6.07) is 21.4. The molecule has 3 nitrogen and oxygen atoms in total. The molecule has 0 amide bonds. The second kappa shape index (κ2) is 8.00. The lowest BCUT2D eigenvalue weighted by atomic mass is 10.1. The molecule has 3 heteroatoms. The van der Waals surface area contributed by atoms with Crippen LogP contribution in [-0.2, 0) is 6.54 Å². The number of hydrogen-bond acceptors (Lipinski definition) is 1. The van der Waals surface area contributed by atoms with Gasteiger partial charge >= 0.3 is 0 Å². The van der Waals surface area contributed by atoms with E-state index in [1.807, 2.05) is 6.21 Å². The van der Waals surface area contributed by atoms with Gasteiger partial charge in [-0.25, -0.2) is 0 Å². The van der Waals surface area contributed by atoms with Crippen molar-refractivity contribution in [1.82, 2.24) is 9.13 Å². The van der Waals surface area contributed by atoms with E-state index in [2.05, 4.69) is 136 Å². The van der Waals surface area contributed by atoms with Crippen LogP contribution in [0.2, 0.25) is 0 Å². The molecule has 0 saturated carbocycles. The molecule has 0 N–H and O–H groups in total. The molecule has 0 unspecified atom stereocenters. The van der Waals surface area contributed by atoms with Gasteiger partial charge < -0.3 is 9.13 Å². The standard InChI is InChI=1S/C16H12N2.C16H11N/c1-2-4-9-15-12(6-3-1)13-7-5-8-14-16(13)18(15)11-10-17-14;1-2-10-15-13(8-1)14-9-5-7-12-6-3-4-11-17(15)16(12)14/h1-10H,11H2;1-11H/b2-1-,3-1?,4-2?,6-3-,9-4-,12-6?,15-9?;. The first-order valence-electron chi connectivity index (χ1n) is 12.0. The van der Waals surface area contributed by atoms with Crippen molar-refractivity contribution < 1.29 is 0 Å². The third kappa shape index (κ3) is 3.09. The van der Waals surface area contributed by atoms with Crippen molar-refractivity contribution in [3.05, 3.63) is 114 Å². The van der Waals surface area contributed by atoms with Crippen LogP contribution in [0.5, 0.6) is 0 Å². The number of nitrogens with zero attached hydrogens (tertiary/aromatic N) is 3. The van der Waals surface area contributed by atoms with Crippen LogP contribution in [-0.4, -0.2) is 15.3 Å². The van der Waals surface area contributed by atoms with E-state index in [1.54, 1.807) is 0 Å². The van der Waals surface area contributed by atoms with E-state index >= 15 is 0 Å². The summed E-state index contributed by atoms with van der Waals surface area (Å²) in [5.74, 6) is 0. The summed E-state index contributed by atoms with van der Waals surface area (Å²) < 4.78 is 4.62. The molecule has 0 saturated heterocycles. The molecule has 2 aliphatic heterocycles. The third-order valence-corrected chi connectivity index (χ3v) is 6.87. The Balaban J connectivity index is 0.000000120. The maximum atomic E-state index is 4.49. The zero-order valence-corrected chi connectivity index (χ0v) is 19.2. The van der Waals surface area contributed by atoms with Crippen LogP contribution in [0.4, 0.5) is 5.69 Å². The van der Waals surface area contributed by atoms with Gasteiger partial charge in [-0.05, 0) is 29.8 Å². The van der Waals surface area contributed by atoms with Crippen molar-refractivity contribution in [1.29, 1.82) is 0 Å². The normalized spacial score (nSPS) is 17.4. The molecule has 4 heterocycles. The van der Waals surface area contributed by atoms with Gasteiger partial charge in [-0.3, -0.25) is 4.99 Å². The lowest BCUT2D eigenvalue weighted by Crippen LogP contribution is -2.04. The number of benzene rings is 3. The molecule has 3 aromatic carbocycles. The highest BCUT2D eigenvalue weighted by atomic mass is 15.0. The third-order valence-electron chi connectivity index (χ3n) is 6.87. The Kier molecular flexibility index (Phi) is 4.52. The quantitative estimate of drug-likeness (QED) is 0.227. The van der Waals surface area contributed by atoms with E-state index in [9.17, 15) is 0 Å². The maximum Gasteiger partial charge on any atom is 0.0869 e. The zero-order chi connectivity index (χ0) is 23.2. The lowest BCUT2D eigenvalue weighted by molar-refractivity contribution is 0.887. The van der Waals surface area contributed by atoms with E-state index < -0.39 is 0 Å². The number of rotatable bonds is 0. The van der Waals surface area contributed by atoms with Gasteiger partial charge in [0.2, 0.25) is 0 Å². The van der Waals surface area contributed by atoms with Gasteiger partial charge in [-0.1, -0.05) is 91.1 Å². The molecule has 0 atom stereocenters. The molecule has 0 spiro atoms. The Hall–Kier alpha value is -4.63. The highest BCUT2D eigenvalue weighted by Crippen LogP contribution is 2.36. The molecule has 2 aromatic heterocycles. The topological polar surface area (TPSA) is 22.2 Å². The van der Waals surface area contributed by atoms with Crippen molar-refractivity contribution >= 4 is 69.0 Å². The molecule has 0 radical (unpaired) electrons. The van der Waals surface area contributed by atoms with Crippen LogP contribution in [0.15, 0.2) is 102 Å². The highest BCUT2D eigenvalue weighted by Gasteiger charge is 2.17. The summed E-state index contributed by atoms with van der Waals surface area (Å²) in [5, 5.41) is 3.94. The molecular weight excluding hydrogens is 426 g/mol. The Labute approximate surface area is 203 Å². The van der Waals surface area contributed by atoms with Crippen molar-refractivity contribution in [3.8, 4) is 0 Å². The Morgan fingerprint density at radius 3 is 2.40 bits per heavy atom. The number of fused-ring (bicyclic) bond motifs is 6. The number of para-hydroxylation sites is 3. The van der Waals surface area contributed by atoms with Crippen molar-refractivity contribution in [2.24, 2.45) is 4.99 Å². The molecular formula is C32H23N3. The summed E-state index contributed by atoms with van der Waals surface area (Å²) in [6.45, 7) is 0.852. The monoisotopic (exact) mass is 449 g/mol. The number of aromatic nitrogens is 2. The smallest absolute Gasteiger partial charge is 0.0869 e. The van der Waals surface area contributed by atoms with Crippen LogP contribution >= 0.6 is 0 Å². The SMILES string of the molecule is C1=Cc2cccc3c4ccccc4n(c23)C=C1.C1=Nc2cccc3c4c(n(c23)C1)\C=C/C=C\C=C/4. The predicted molar refractivity (Wildman–Crippen MR) is 151 cm³/mol. The fourth-order valence-electron chi connectivity index (χ4n) is 5.40. The van der Waals surface area contributed by atoms with Gasteiger partial charge in [0.25, 0.3) is 0 Å². The molecule has 0 bridgehead atoms. The molecule has 5 aromatic rings. The Bertz CT molecular complexity index is 1810. The highest BCUT2D eigenvalue weighted by molar-refractivity contribution is 6.12. The summed E-state index contributed by atoms with van der Waals surface area (Å²) in [7, 11) is 0. The fraction of sp³-hybridized carbons (Fsp3) is 0.0312. The summed E-state index contributed by atoms with van der Waals surface area (Å²) in [6.07, 6.45) is 23.1. The Morgan fingerprint density at radius 1 is 0.629 bits per heavy atom. The number of aliphatic imine (C=N–C) groups is 1. The van der Waals surface area contributed by atoms with Gasteiger partial charge in [0.05, 0.1) is 28.8 Å². The van der Waals surface area contributed by atoms with Gasteiger partial charge in [0.1, 0.15) is 0 Å². The lowest BCUT2D eigenvalue weighted by Gasteiger charge is -2.11. The second-order valence-corrected chi connectivity index (χ2v) is 8.83. The van der Waals surface area contributed by atoms with Gasteiger partial charge in [-0.2, -0.15) is 0 Å². The fourth-order valence-corrected chi connectivity index (χ4v) is 5.40. The van der Waals surface area contributed by atoms with Crippen LogP contribution in [0.25, 0.3) is 57.1 Å². The molecule has 8 rings (SSSR count). The number of hydrogen-bond donors (Lipinski definition) is 0. The van der Waals surface area contributed by atoms with Gasteiger partial charge in [0, 0.05) is 39.8 Å². The summed E-state index contributed by atoms with van der Waals surface area (Å²) >= 11 is 0. The van der Waals surface area contributed by atoms with Crippen molar-refractivity contribution in [3.63, 3.8) is 0 Å².